The Morgan fingerprint density at radius 3 is 2.94 bits per heavy atom. The van der Waals surface area contributed by atoms with Gasteiger partial charge in [-0.05, 0) is 13.3 Å². The van der Waals surface area contributed by atoms with Crippen LogP contribution in [0.5, 0.6) is 0 Å². The van der Waals surface area contributed by atoms with Crippen molar-refractivity contribution in [2.75, 3.05) is 0 Å². The highest BCUT2D eigenvalue weighted by Gasteiger charge is 2.23. The Labute approximate surface area is 92.0 Å². The van der Waals surface area contributed by atoms with Crippen LogP contribution in [-0.2, 0) is 4.79 Å². The first-order chi connectivity index (χ1) is 7.65. The third-order valence-electron chi connectivity index (χ3n) is 2.56. The fourth-order valence-electron chi connectivity index (χ4n) is 1.69. The summed E-state index contributed by atoms with van der Waals surface area (Å²) < 4.78 is 1.74. The minimum atomic E-state index is -0.885. The number of hydrogen-bond acceptors (Lipinski definition) is 4. The molecule has 0 amide bonds. The zero-order chi connectivity index (χ0) is 11.7. The molecular weight excluding hydrogens is 208 g/mol. The van der Waals surface area contributed by atoms with Crippen molar-refractivity contribution < 1.29 is 9.90 Å². The van der Waals surface area contributed by atoms with Crippen molar-refractivity contribution >= 4 is 11.6 Å². The highest BCUT2D eigenvalue weighted by Crippen LogP contribution is 2.21. The van der Waals surface area contributed by atoms with E-state index in [1.165, 1.54) is 0 Å². The number of carboxylic acid groups (broad SMARTS) is 1. The zero-order valence-electron chi connectivity index (χ0n) is 9.08. The number of hydrogen-bond donors (Lipinski definition) is 1. The van der Waals surface area contributed by atoms with Gasteiger partial charge in [-0.25, -0.2) is 0 Å². The highest BCUT2D eigenvalue weighted by atomic mass is 16.4. The van der Waals surface area contributed by atoms with Crippen molar-refractivity contribution in [3.8, 4) is 0 Å². The molecule has 2 rings (SSSR count). The third-order valence-corrected chi connectivity index (χ3v) is 2.56. The van der Waals surface area contributed by atoms with E-state index in [0.717, 1.165) is 5.82 Å². The fourth-order valence-corrected chi connectivity index (χ4v) is 1.69. The molecule has 2 aromatic rings. The zero-order valence-corrected chi connectivity index (χ0v) is 9.08. The lowest BCUT2D eigenvalue weighted by molar-refractivity contribution is -0.138. The molecular formula is C10H12N4O2. The molecule has 0 radical (unpaired) electrons. The van der Waals surface area contributed by atoms with E-state index in [9.17, 15) is 4.79 Å². The monoisotopic (exact) mass is 220 g/mol. The number of carbonyl (C=O) groups is 1. The molecule has 2 aromatic heterocycles. The molecule has 6 nitrogen and oxygen atoms in total. The summed E-state index contributed by atoms with van der Waals surface area (Å²) >= 11 is 0. The minimum Gasteiger partial charge on any atom is -0.481 e. The minimum absolute atomic E-state index is 0.470. The summed E-state index contributed by atoms with van der Waals surface area (Å²) in [5.74, 6) is -0.796. The Morgan fingerprint density at radius 1 is 1.56 bits per heavy atom. The largest absolute Gasteiger partial charge is 0.481 e. The van der Waals surface area contributed by atoms with Crippen LogP contribution in [0.3, 0.4) is 0 Å². The number of aromatic nitrogens is 4. The molecule has 0 saturated heterocycles. The van der Waals surface area contributed by atoms with Gasteiger partial charge in [-0.3, -0.25) is 14.2 Å². The molecule has 0 bridgehead atoms. The van der Waals surface area contributed by atoms with Gasteiger partial charge in [-0.2, -0.15) is 0 Å². The van der Waals surface area contributed by atoms with Gasteiger partial charge in [0, 0.05) is 12.4 Å². The van der Waals surface area contributed by atoms with E-state index < -0.39 is 11.9 Å². The maximum Gasteiger partial charge on any atom is 0.312 e. The normalized spacial score (nSPS) is 12.9. The summed E-state index contributed by atoms with van der Waals surface area (Å²) in [4.78, 5) is 15.2. The summed E-state index contributed by atoms with van der Waals surface area (Å²) in [6, 6.07) is 0. The van der Waals surface area contributed by atoms with Crippen LogP contribution in [0.4, 0.5) is 0 Å². The first kappa shape index (κ1) is 10.5. The first-order valence-electron chi connectivity index (χ1n) is 5.04. The van der Waals surface area contributed by atoms with Crippen LogP contribution >= 0.6 is 0 Å². The SMILES string of the molecule is CCC(C(=O)O)c1nccn2c(C)nnc12. The van der Waals surface area contributed by atoms with Crippen molar-refractivity contribution in [2.45, 2.75) is 26.2 Å². The summed E-state index contributed by atoms with van der Waals surface area (Å²) in [6.07, 6.45) is 3.78. The second kappa shape index (κ2) is 3.88. The summed E-state index contributed by atoms with van der Waals surface area (Å²) in [6.45, 7) is 3.62. The Balaban J connectivity index is 2.63. The van der Waals surface area contributed by atoms with Gasteiger partial charge in [0.05, 0.1) is 5.69 Å². The molecule has 84 valence electrons. The second-order valence-electron chi connectivity index (χ2n) is 3.55. The summed E-state index contributed by atoms with van der Waals surface area (Å²) in [5.41, 5.74) is 0.993. The van der Waals surface area contributed by atoms with Crippen LogP contribution in [0, 0.1) is 6.92 Å². The average Bonchev–Trinajstić information content (AvgIpc) is 2.62. The average molecular weight is 220 g/mol. The predicted octanol–water partition coefficient (Wildman–Crippen LogP) is 1.01. The quantitative estimate of drug-likeness (QED) is 0.834. The molecule has 0 aromatic carbocycles. The molecule has 1 N–H and O–H groups in total. The number of rotatable bonds is 3. The van der Waals surface area contributed by atoms with E-state index in [1.54, 1.807) is 16.8 Å². The molecule has 0 aliphatic carbocycles. The maximum absolute atomic E-state index is 11.1. The van der Waals surface area contributed by atoms with E-state index >= 15 is 0 Å². The van der Waals surface area contributed by atoms with Gasteiger partial charge < -0.3 is 5.11 Å². The topological polar surface area (TPSA) is 80.4 Å². The molecule has 0 fully saturated rings. The van der Waals surface area contributed by atoms with Crippen molar-refractivity contribution in [3.05, 3.63) is 23.9 Å². The first-order valence-corrected chi connectivity index (χ1v) is 5.04. The summed E-state index contributed by atoms with van der Waals surface area (Å²) in [5, 5.41) is 17.0. The van der Waals surface area contributed by atoms with Crippen LogP contribution in [0.15, 0.2) is 12.4 Å². The number of nitrogens with zero attached hydrogens (tertiary/aromatic N) is 4. The van der Waals surface area contributed by atoms with Crippen LogP contribution in [0.25, 0.3) is 5.65 Å². The van der Waals surface area contributed by atoms with Crippen LogP contribution in [-0.4, -0.2) is 30.7 Å². The van der Waals surface area contributed by atoms with Gasteiger partial charge in [0.15, 0.2) is 5.65 Å². The van der Waals surface area contributed by atoms with Crippen LogP contribution in [0.1, 0.15) is 30.8 Å². The van der Waals surface area contributed by atoms with Crippen molar-refractivity contribution in [3.63, 3.8) is 0 Å². The fraction of sp³-hybridized carbons (Fsp3) is 0.400. The lowest BCUT2D eigenvalue weighted by atomic mass is 10.0. The molecule has 0 aliphatic heterocycles. The predicted molar refractivity (Wildman–Crippen MR) is 56.2 cm³/mol. The number of carboxylic acids is 1. The van der Waals surface area contributed by atoms with Crippen LogP contribution in [0.2, 0.25) is 0 Å². The van der Waals surface area contributed by atoms with Crippen molar-refractivity contribution in [1.29, 1.82) is 0 Å². The number of fused-ring (bicyclic) bond motifs is 1. The van der Waals surface area contributed by atoms with Gasteiger partial charge in [0.2, 0.25) is 0 Å². The number of aliphatic carboxylic acids is 1. The van der Waals surface area contributed by atoms with Crippen LogP contribution < -0.4 is 0 Å². The van der Waals surface area contributed by atoms with Gasteiger partial charge >= 0.3 is 5.97 Å². The van der Waals surface area contributed by atoms with Gasteiger partial charge in [0.25, 0.3) is 0 Å². The van der Waals surface area contributed by atoms with E-state index in [2.05, 4.69) is 15.2 Å². The second-order valence-corrected chi connectivity index (χ2v) is 3.55. The van der Waals surface area contributed by atoms with Gasteiger partial charge in [-0.1, -0.05) is 6.92 Å². The molecule has 16 heavy (non-hydrogen) atoms. The van der Waals surface area contributed by atoms with E-state index in [1.807, 2.05) is 13.8 Å². The van der Waals surface area contributed by atoms with Gasteiger partial charge in [0.1, 0.15) is 11.7 Å². The highest BCUT2D eigenvalue weighted by molar-refractivity contribution is 5.77. The molecule has 1 unspecified atom stereocenters. The molecule has 0 saturated carbocycles. The van der Waals surface area contributed by atoms with Crippen molar-refractivity contribution in [2.24, 2.45) is 0 Å². The lowest BCUT2D eigenvalue weighted by Crippen LogP contribution is -2.13. The maximum atomic E-state index is 11.1. The Bertz CT molecular complexity index is 535. The standard InChI is InChI=1S/C10H12N4O2/c1-3-7(10(15)16)8-9-13-12-6(2)14(9)5-4-11-8/h4-5,7H,3H2,1-2H3,(H,15,16). The molecule has 6 heteroatoms. The third kappa shape index (κ3) is 1.52. The van der Waals surface area contributed by atoms with E-state index in [-0.39, 0.29) is 0 Å². The Hall–Kier alpha value is -1.98. The smallest absolute Gasteiger partial charge is 0.312 e. The molecule has 2 heterocycles. The molecule has 0 spiro atoms. The Morgan fingerprint density at radius 2 is 2.31 bits per heavy atom. The van der Waals surface area contributed by atoms with E-state index in [0.29, 0.717) is 17.8 Å². The van der Waals surface area contributed by atoms with E-state index in [4.69, 9.17) is 5.11 Å². The summed E-state index contributed by atoms with van der Waals surface area (Å²) in [7, 11) is 0. The number of aryl methyl sites for hydroxylation is 1. The lowest BCUT2D eigenvalue weighted by Gasteiger charge is -2.09. The molecule has 1 atom stereocenters. The molecule has 0 aliphatic rings. The van der Waals surface area contributed by atoms with Crippen molar-refractivity contribution in [1.82, 2.24) is 19.6 Å². The Kier molecular flexibility index (Phi) is 2.55. The van der Waals surface area contributed by atoms with Gasteiger partial charge in [-0.15, -0.1) is 10.2 Å².